The molecule has 156 valence electrons. The van der Waals surface area contributed by atoms with Gasteiger partial charge in [0.15, 0.2) is 6.61 Å². The monoisotopic (exact) mass is 410 g/mol. The first-order valence-corrected chi connectivity index (χ1v) is 11.1. The molecule has 4 atom stereocenters. The Morgan fingerprint density at radius 1 is 1.07 bits per heavy atom. The van der Waals surface area contributed by atoms with Crippen molar-refractivity contribution in [3.63, 3.8) is 0 Å². The molecule has 0 aromatic heterocycles. The maximum Gasteiger partial charge on any atom is 0.321 e. The van der Waals surface area contributed by atoms with Crippen molar-refractivity contribution in [3.8, 4) is 0 Å². The summed E-state index contributed by atoms with van der Waals surface area (Å²) in [5, 5.41) is 5.16. The van der Waals surface area contributed by atoms with E-state index in [2.05, 4.69) is 17.6 Å². The highest BCUT2D eigenvalue weighted by atomic mass is 35.5. The van der Waals surface area contributed by atoms with Crippen LogP contribution in [0.4, 0.5) is 4.79 Å². The SMILES string of the molecule is C[C@H]1CCCC[C@H]1NC(=O)NC(=O)COC(=O)C12C[C@H]3C[C@@H](CC(Cl)(C3)C1)C2. The molecule has 2 N–H and O–H groups in total. The molecule has 0 saturated heterocycles. The maximum absolute atomic E-state index is 12.8. The Kier molecular flexibility index (Phi) is 5.36. The lowest BCUT2D eigenvalue weighted by molar-refractivity contribution is -0.171. The number of hydrogen-bond donors (Lipinski definition) is 2. The first kappa shape index (κ1) is 20.0. The molecule has 5 fully saturated rings. The largest absolute Gasteiger partial charge is 0.455 e. The van der Waals surface area contributed by atoms with Gasteiger partial charge in [-0.15, -0.1) is 11.6 Å². The number of imide groups is 1. The molecule has 3 amide bonds. The predicted molar refractivity (Wildman–Crippen MR) is 105 cm³/mol. The average molecular weight is 411 g/mol. The third-order valence-corrected chi connectivity index (χ3v) is 7.88. The number of halogens is 1. The second kappa shape index (κ2) is 7.51. The zero-order chi connectivity index (χ0) is 19.9. The van der Waals surface area contributed by atoms with Crippen molar-refractivity contribution in [1.29, 1.82) is 0 Å². The van der Waals surface area contributed by atoms with Crippen molar-refractivity contribution >= 4 is 29.5 Å². The van der Waals surface area contributed by atoms with Gasteiger partial charge in [0.2, 0.25) is 0 Å². The zero-order valence-corrected chi connectivity index (χ0v) is 17.4. The van der Waals surface area contributed by atoms with Crippen molar-refractivity contribution in [3.05, 3.63) is 0 Å². The first-order valence-electron chi connectivity index (χ1n) is 10.7. The molecular weight excluding hydrogens is 380 g/mol. The summed E-state index contributed by atoms with van der Waals surface area (Å²) < 4.78 is 5.36. The summed E-state index contributed by atoms with van der Waals surface area (Å²) in [5.41, 5.74) is -0.536. The fraction of sp³-hybridized carbons (Fsp3) is 0.857. The number of amides is 3. The van der Waals surface area contributed by atoms with Gasteiger partial charge in [0.25, 0.3) is 5.91 Å². The van der Waals surface area contributed by atoms with Crippen LogP contribution < -0.4 is 10.6 Å². The summed E-state index contributed by atoms with van der Waals surface area (Å²) in [6, 6.07) is -0.412. The van der Waals surface area contributed by atoms with E-state index in [0.717, 1.165) is 51.4 Å². The minimum Gasteiger partial charge on any atom is -0.455 e. The lowest BCUT2D eigenvalue weighted by Gasteiger charge is -2.58. The summed E-state index contributed by atoms with van der Waals surface area (Å²) in [4.78, 5) is 36.7. The van der Waals surface area contributed by atoms with Crippen molar-refractivity contribution in [2.24, 2.45) is 23.2 Å². The first-order chi connectivity index (χ1) is 13.3. The van der Waals surface area contributed by atoms with E-state index in [1.807, 2.05) is 0 Å². The van der Waals surface area contributed by atoms with Gasteiger partial charge < -0.3 is 10.1 Å². The molecule has 6 nitrogen and oxygen atoms in total. The minimum atomic E-state index is -0.584. The molecule has 0 unspecified atom stereocenters. The van der Waals surface area contributed by atoms with Gasteiger partial charge in [-0.2, -0.15) is 0 Å². The fourth-order valence-electron chi connectivity index (χ4n) is 6.57. The topological polar surface area (TPSA) is 84.5 Å². The summed E-state index contributed by atoms with van der Waals surface area (Å²) in [7, 11) is 0. The summed E-state index contributed by atoms with van der Waals surface area (Å²) in [6.07, 6.45) is 9.71. The van der Waals surface area contributed by atoms with Gasteiger partial charge in [-0.3, -0.25) is 14.9 Å². The molecular formula is C21H31ClN2O4. The molecule has 0 aliphatic heterocycles. The molecule has 0 aromatic carbocycles. The molecule has 0 aromatic rings. The average Bonchev–Trinajstić information content (AvgIpc) is 2.59. The molecule has 0 spiro atoms. The predicted octanol–water partition coefficient (Wildman–Crippen LogP) is 3.51. The van der Waals surface area contributed by atoms with Crippen LogP contribution in [-0.2, 0) is 14.3 Å². The van der Waals surface area contributed by atoms with Crippen molar-refractivity contribution < 1.29 is 19.1 Å². The van der Waals surface area contributed by atoms with Crippen molar-refractivity contribution in [2.75, 3.05) is 6.61 Å². The highest BCUT2D eigenvalue weighted by Gasteiger charge is 2.60. The third-order valence-electron chi connectivity index (χ3n) is 7.44. The number of alkyl halides is 1. The molecule has 4 bridgehead atoms. The fourth-order valence-corrected chi connectivity index (χ4v) is 7.26. The summed E-state index contributed by atoms with van der Waals surface area (Å²) in [6.45, 7) is 1.70. The van der Waals surface area contributed by atoms with E-state index in [1.54, 1.807) is 0 Å². The second-order valence-electron chi connectivity index (χ2n) is 9.86. The van der Waals surface area contributed by atoms with E-state index < -0.39 is 24.0 Å². The van der Waals surface area contributed by atoms with Gasteiger partial charge in [0.1, 0.15) is 0 Å². The number of urea groups is 1. The van der Waals surface area contributed by atoms with Crippen LogP contribution in [0.25, 0.3) is 0 Å². The smallest absolute Gasteiger partial charge is 0.321 e. The van der Waals surface area contributed by atoms with Crippen LogP contribution in [0.5, 0.6) is 0 Å². The number of carbonyl (C=O) groups is 3. The van der Waals surface area contributed by atoms with Crippen LogP contribution in [-0.4, -0.2) is 35.4 Å². The van der Waals surface area contributed by atoms with Crippen LogP contribution in [0.2, 0.25) is 0 Å². The van der Waals surface area contributed by atoms with Gasteiger partial charge in [0.05, 0.1) is 5.41 Å². The van der Waals surface area contributed by atoms with Crippen LogP contribution >= 0.6 is 11.6 Å². The minimum absolute atomic E-state index is 0.0936. The van der Waals surface area contributed by atoms with Crippen LogP contribution in [0.1, 0.15) is 71.1 Å². The maximum atomic E-state index is 12.8. The molecule has 5 aliphatic rings. The number of ether oxygens (including phenoxy) is 1. The van der Waals surface area contributed by atoms with E-state index in [-0.39, 0.29) is 16.9 Å². The Bertz CT molecular complexity index is 653. The quantitative estimate of drug-likeness (QED) is 0.548. The zero-order valence-electron chi connectivity index (χ0n) is 16.6. The Morgan fingerprint density at radius 2 is 1.75 bits per heavy atom. The molecule has 0 heterocycles. The van der Waals surface area contributed by atoms with Gasteiger partial charge in [-0.05, 0) is 69.1 Å². The molecule has 5 rings (SSSR count). The van der Waals surface area contributed by atoms with Crippen LogP contribution in [0.15, 0.2) is 0 Å². The summed E-state index contributed by atoms with van der Waals surface area (Å²) >= 11 is 6.76. The van der Waals surface area contributed by atoms with Gasteiger partial charge in [-0.25, -0.2) is 4.79 Å². The number of nitrogens with one attached hydrogen (secondary N) is 2. The lowest BCUT2D eigenvalue weighted by Crippen LogP contribution is -2.56. The molecule has 5 saturated carbocycles. The Hall–Kier alpha value is -1.30. The van der Waals surface area contributed by atoms with Gasteiger partial charge in [0, 0.05) is 10.9 Å². The Labute approximate surface area is 171 Å². The van der Waals surface area contributed by atoms with Crippen molar-refractivity contribution in [2.45, 2.75) is 82.0 Å². The molecule has 0 radical (unpaired) electrons. The second-order valence-corrected chi connectivity index (χ2v) is 10.7. The van der Waals surface area contributed by atoms with Crippen molar-refractivity contribution in [1.82, 2.24) is 10.6 Å². The summed E-state index contributed by atoms with van der Waals surface area (Å²) in [5.74, 6) is 0.487. The number of carbonyl (C=O) groups excluding carboxylic acids is 3. The number of esters is 1. The van der Waals surface area contributed by atoms with Crippen LogP contribution in [0, 0.1) is 23.2 Å². The standard InChI is InChI=1S/C21H31ClN2O4/c1-13-4-2-3-5-16(13)23-19(27)24-17(25)11-28-18(26)20-7-14-6-15(8-20)10-21(22,9-14)12-20/h13-16H,2-12H2,1H3,(H2,23,24,25,27)/t13-,14+,15+,16+,20?,21?/m0/s1. The van der Waals surface area contributed by atoms with E-state index in [4.69, 9.17) is 16.3 Å². The Morgan fingerprint density at radius 3 is 2.39 bits per heavy atom. The lowest BCUT2D eigenvalue weighted by atomic mass is 9.49. The number of hydrogen-bond acceptors (Lipinski definition) is 4. The highest BCUT2D eigenvalue weighted by Crippen LogP contribution is 2.64. The van der Waals surface area contributed by atoms with E-state index in [0.29, 0.717) is 24.2 Å². The highest BCUT2D eigenvalue weighted by molar-refractivity contribution is 6.24. The van der Waals surface area contributed by atoms with Crippen LogP contribution in [0.3, 0.4) is 0 Å². The molecule has 28 heavy (non-hydrogen) atoms. The van der Waals surface area contributed by atoms with Gasteiger partial charge >= 0.3 is 12.0 Å². The molecule has 7 heteroatoms. The van der Waals surface area contributed by atoms with E-state index in [9.17, 15) is 14.4 Å². The number of rotatable bonds is 4. The van der Waals surface area contributed by atoms with E-state index in [1.165, 1.54) is 6.42 Å². The normalized spacial score (nSPS) is 41.4. The van der Waals surface area contributed by atoms with Gasteiger partial charge in [-0.1, -0.05) is 19.8 Å². The Balaban J connectivity index is 1.26. The van der Waals surface area contributed by atoms with E-state index >= 15 is 0 Å². The molecule has 5 aliphatic carbocycles. The third kappa shape index (κ3) is 4.03.